The maximum Gasteiger partial charge on any atom is 0.340 e. The van der Waals surface area contributed by atoms with Crippen molar-refractivity contribution < 1.29 is 23.5 Å². The molecule has 0 radical (unpaired) electrons. The lowest BCUT2D eigenvalue weighted by atomic mass is 9.98. The second kappa shape index (κ2) is 6.82. The second-order valence-corrected chi connectivity index (χ2v) is 7.35. The number of carboxylic acids is 1. The largest absolute Gasteiger partial charge is 0.548 e. The number of hydrogen-bond donors (Lipinski definition) is 0. The van der Waals surface area contributed by atoms with Gasteiger partial charge in [0.1, 0.15) is 11.2 Å². The van der Waals surface area contributed by atoms with Gasteiger partial charge in [-0.3, -0.25) is 4.79 Å². The first-order chi connectivity index (χ1) is 13.4. The molecule has 1 saturated heterocycles. The van der Waals surface area contributed by atoms with Crippen LogP contribution in [0.4, 0.5) is 0 Å². The Balaban J connectivity index is 1.74. The van der Waals surface area contributed by atoms with Crippen molar-refractivity contribution in [2.24, 2.45) is 0 Å². The van der Waals surface area contributed by atoms with Gasteiger partial charge in [-0.15, -0.1) is 0 Å². The van der Waals surface area contributed by atoms with Gasteiger partial charge in [0, 0.05) is 23.4 Å². The molecule has 7 heteroatoms. The molecule has 146 valence electrons. The minimum absolute atomic E-state index is 0.198. The summed E-state index contributed by atoms with van der Waals surface area (Å²) in [6.45, 7) is 4.05. The highest BCUT2D eigenvalue weighted by Gasteiger charge is 2.29. The second-order valence-electron chi connectivity index (χ2n) is 7.35. The molecular weight excluding hydrogens is 362 g/mol. The van der Waals surface area contributed by atoms with Crippen molar-refractivity contribution in [3.63, 3.8) is 0 Å². The van der Waals surface area contributed by atoms with Gasteiger partial charge in [0.05, 0.1) is 30.3 Å². The summed E-state index contributed by atoms with van der Waals surface area (Å²) in [7, 11) is 0. The monoisotopic (exact) mass is 382 g/mol. The first-order valence-corrected chi connectivity index (χ1v) is 9.31. The van der Waals surface area contributed by atoms with Crippen LogP contribution in [0.5, 0.6) is 0 Å². The van der Waals surface area contributed by atoms with Gasteiger partial charge in [-0.2, -0.15) is 0 Å². The molecule has 28 heavy (non-hydrogen) atoms. The number of benzene rings is 1. The Hall–Kier alpha value is -3.09. The number of fused-ring (bicyclic) bond motifs is 2. The fourth-order valence-corrected chi connectivity index (χ4v) is 3.97. The summed E-state index contributed by atoms with van der Waals surface area (Å²) in [5, 5.41) is 13.0. The predicted molar refractivity (Wildman–Crippen MR) is 99.8 cm³/mol. The van der Waals surface area contributed by atoms with Gasteiger partial charge in [-0.1, -0.05) is 0 Å². The number of carboxylic acid groups (broad SMARTS) is 1. The number of carbonyl (C=O) groups excluding carboxylic acids is 2. The lowest BCUT2D eigenvalue weighted by Crippen LogP contribution is -2.53. The number of aliphatic carboxylic acids is 1. The number of likely N-dealkylation sites (tertiary alicyclic amines) is 1. The minimum Gasteiger partial charge on any atom is -0.548 e. The van der Waals surface area contributed by atoms with Gasteiger partial charge in [-0.05, 0) is 50.3 Å². The highest BCUT2D eigenvalue weighted by atomic mass is 16.4. The SMILES string of the molecule is Cc1coc2cc3oc(=O)c(CC(=O)N4CCCC[C@H]4C(=O)[O-])c(C)c3cc12. The van der Waals surface area contributed by atoms with E-state index >= 15 is 0 Å². The number of aryl methyl sites for hydroxylation is 2. The lowest BCUT2D eigenvalue weighted by Gasteiger charge is -2.36. The van der Waals surface area contributed by atoms with Crippen molar-refractivity contribution in [1.82, 2.24) is 4.90 Å². The maximum atomic E-state index is 12.8. The molecule has 2 aromatic heterocycles. The first kappa shape index (κ1) is 18.3. The molecule has 1 aromatic carbocycles. The summed E-state index contributed by atoms with van der Waals surface area (Å²) in [6, 6.07) is 2.62. The van der Waals surface area contributed by atoms with Gasteiger partial charge in [-0.25, -0.2) is 4.79 Å². The van der Waals surface area contributed by atoms with Crippen LogP contribution >= 0.6 is 0 Å². The van der Waals surface area contributed by atoms with Gasteiger partial charge in [0.2, 0.25) is 5.91 Å². The first-order valence-electron chi connectivity index (χ1n) is 9.31. The van der Waals surface area contributed by atoms with Crippen LogP contribution in [0.15, 0.2) is 32.0 Å². The smallest absolute Gasteiger partial charge is 0.340 e. The van der Waals surface area contributed by atoms with Crippen LogP contribution in [0.1, 0.15) is 36.0 Å². The van der Waals surface area contributed by atoms with Crippen molar-refractivity contribution in [3.8, 4) is 0 Å². The van der Waals surface area contributed by atoms with E-state index in [-0.39, 0.29) is 12.0 Å². The molecule has 1 atom stereocenters. The summed E-state index contributed by atoms with van der Waals surface area (Å²) in [5.41, 5.74) is 2.30. The number of nitrogens with zero attached hydrogens (tertiary/aromatic N) is 1. The minimum atomic E-state index is -1.26. The molecule has 1 aliphatic heterocycles. The molecule has 3 heterocycles. The lowest BCUT2D eigenvalue weighted by molar-refractivity contribution is -0.312. The number of piperidine rings is 1. The zero-order valence-electron chi connectivity index (χ0n) is 15.7. The van der Waals surface area contributed by atoms with E-state index in [1.165, 1.54) is 4.90 Å². The summed E-state index contributed by atoms with van der Waals surface area (Å²) in [4.78, 5) is 38.0. The summed E-state index contributed by atoms with van der Waals surface area (Å²) in [6.07, 6.45) is 3.28. The maximum absolute atomic E-state index is 12.8. The number of hydrogen-bond acceptors (Lipinski definition) is 6. The zero-order chi connectivity index (χ0) is 20.0. The summed E-state index contributed by atoms with van der Waals surface area (Å²) < 4.78 is 10.9. The zero-order valence-corrected chi connectivity index (χ0v) is 15.7. The van der Waals surface area contributed by atoms with E-state index in [0.717, 1.165) is 29.2 Å². The molecule has 3 aromatic rings. The van der Waals surface area contributed by atoms with Gasteiger partial charge >= 0.3 is 5.63 Å². The quantitative estimate of drug-likeness (QED) is 0.640. The molecule has 1 amide bonds. The van der Waals surface area contributed by atoms with Crippen molar-refractivity contribution in [2.45, 2.75) is 45.6 Å². The Morgan fingerprint density at radius 1 is 1.18 bits per heavy atom. The van der Waals surface area contributed by atoms with E-state index in [4.69, 9.17) is 8.83 Å². The van der Waals surface area contributed by atoms with Gasteiger partial charge < -0.3 is 23.6 Å². The van der Waals surface area contributed by atoms with Crippen LogP contribution in [-0.2, 0) is 16.0 Å². The molecule has 0 N–H and O–H groups in total. The molecule has 0 spiro atoms. The fraction of sp³-hybridized carbons (Fsp3) is 0.381. The Morgan fingerprint density at radius 2 is 1.96 bits per heavy atom. The Bertz CT molecular complexity index is 1160. The number of amides is 1. The molecule has 1 fully saturated rings. The molecule has 7 nitrogen and oxygen atoms in total. The van der Waals surface area contributed by atoms with Gasteiger partial charge in [0.15, 0.2) is 0 Å². The van der Waals surface area contributed by atoms with Crippen LogP contribution in [-0.4, -0.2) is 29.4 Å². The van der Waals surface area contributed by atoms with Gasteiger partial charge in [0.25, 0.3) is 0 Å². The van der Waals surface area contributed by atoms with Crippen molar-refractivity contribution in [2.75, 3.05) is 6.54 Å². The molecule has 0 aliphatic carbocycles. The third-order valence-corrected chi connectivity index (χ3v) is 5.60. The number of rotatable bonds is 3. The van der Waals surface area contributed by atoms with Crippen LogP contribution in [0.25, 0.3) is 21.9 Å². The molecule has 0 bridgehead atoms. The molecule has 4 rings (SSSR count). The van der Waals surface area contributed by atoms with E-state index in [1.54, 1.807) is 19.3 Å². The molecule has 1 aliphatic rings. The van der Waals surface area contributed by atoms with Crippen LogP contribution in [0, 0.1) is 13.8 Å². The van der Waals surface area contributed by atoms with E-state index in [9.17, 15) is 19.5 Å². The van der Waals surface area contributed by atoms with Crippen molar-refractivity contribution >= 4 is 33.8 Å². The van der Waals surface area contributed by atoms with Crippen LogP contribution < -0.4 is 10.7 Å². The van der Waals surface area contributed by atoms with Crippen molar-refractivity contribution in [1.29, 1.82) is 0 Å². The number of carbonyl (C=O) groups is 2. The van der Waals surface area contributed by atoms with E-state index < -0.39 is 23.5 Å². The van der Waals surface area contributed by atoms with Crippen LogP contribution in [0.2, 0.25) is 0 Å². The molecule has 0 saturated carbocycles. The fourth-order valence-electron chi connectivity index (χ4n) is 3.97. The van der Waals surface area contributed by atoms with E-state index in [2.05, 4.69) is 0 Å². The summed E-state index contributed by atoms with van der Waals surface area (Å²) in [5.74, 6) is -1.66. The Labute approximate surface area is 160 Å². The predicted octanol–water partition coefficient (Wildman–Crippen LogP) is 1.83. The highest BCUT2D eigenvalue weighted by Crippen LogP contribution is 2.29. The normalized spacial score (nSPS) is 17.4. The third kappa shape index (κ3) is 2.96. The Morgan fingerprint density at radius 3 is 2.71 bits per heavy atom. The highest BCUT2D eigenvalue weighted by molar-refractivity contribution is 5.96. The van der Waals surface area contributed by atoms with Crippen LogP contribution in [0.3, 0.4) is 0 Å². The Kier molecular flexibility index (Phi) is 4.45. The molecule has 0 unspecified atom stereocenters. The van der Waals surface area contributed by atoms with E-state index in [1.807, 2.05) is 13.0 Å². The average molecular weight is 382 g/mol. The molecular formula is C21H20NO6-. The standard InChI is InChI=1S/C21H21NO6/c1-11-10-27-17-9-18-14(7-13(11)17)12(2)15(21(26)28-18)8-19(23)22-6-4-3-5-16(22)20(24)25/h7,9-10,16H,3-6,8H2,1-2H3,(H,24,25)/p-1/t16-/m0/s1. The summed E-state index contributed by atoms with van der Waals surface area (Å²) >= 11 is 0. The van der Waals surface area contributed by atoms with E-state index in [0.29, 0.717) is 29.7 Å². The van der Waals surface area contributed by atoms with Crippen molar-refractivity contribution in [3.05, 3.63) is 45.5 Å². The average Bonchev–Trinajstić information content (AvgIpc) is 3.03. The number of furan rings is 1. The topological polar surface area (TPSA) is 104 Å². The third-order valence-electron chi connectivity index (χ3n) is 5.60.